The van der Waals surface area contributed by atoms with Gasteiger partial charge in [0.25, 0.3) is 0 Å². The van der Waals surface area contributed by atoms with Crippen LogP contribution in [0, 0.1) is 0 Å². The van der Waals surface area contributed by atoms with Crippen molar-refractivity contribution >= 4 is 65.2 Å². The average Bonchev–Trinajstić information content (AvgIpc) is 4.00. The van der Waals surface area contributed by atoms with Gasteiger partial charge in [0.15, 0.2) is 0 Å². The van der Waals surface area contributed by atoms with Crippen molar-refractivity contribution in [2.45, 2.75) is 0 Å². The summed E-state index contributed by atoms with van der Waals surface area (Å²) in [5.74, 6) is 0. The van der Waals surface area contributed by atoms with Crippen molar-refractivity contribution in [3.63, 3.8) is 0 Å². The van der Waals surface area contributed by atoms with E-state index in [0.29, 0.717) is 0 Å². The van der Waals surface area contributed by atoms with E-state index in [1.807, 2.05) is 0 Å². The molecule has 296 valence electrons. The molecule has 1 aliphatic rings. The summed E-state index contributed by atoms with van der Waals surface area (Å²) in [4.78, 5) is 0. The molecule has 0 amide bonds. The lowest BCUT2D eigenvalue weighted by molar-refractivity contribution is 1.18. The van der Waals surface area contributed by atoms with Gasteiger partial charge in [0.2, 0.25) is 0 Å². The minimum Gasteiger partial charge on any atom is -0.309 e. The van der Waals surface area contributed by atoms with Crippen molar-refractivity contribution in [2.24, 2.45) is 0 Å². The molecule has 0 atom stereocenters. The van der Waals surface area contributed by atoms with Gasteiger partial charge in [0.05, 0.1) is 22.1 Å². The predicted octanol–water partition coefficient (Wildman–Crippen LogP) is 16.8. The smallest absolute Gasteiger partial charge is 0.0619 e. The third kappa shape index (κ3) is 5.08. The summed E-state index contributed by atoms with van der Waals surface area (Å²) in [5.41, 5.74) is 19.7. The van der Waals surface area contributed by atoms with Crippen LogP contribution in [-0.4, -0.2) is 9.13 Å². The zero-order chi connectivity index (χ0) is 41.9. The van der Waals surface area contributed by atoms with Crippen LogP contribution in [0.2, 0.25) is 0 Å². The minimum absolute atomic E-state index is 1.14. The van der Waals surface area contributed by atoms with E-state index in [2.05, 4.69) is 240 Å². The lowest BCUT2D eigenvalue weighted by atomic mass is 9.92. The Morgan fingerprint density at radius 1 is 0.234 bits per heavy atom. The topological polar surface area (TPSA) is 9.86 Å². The van der Waals surface area contributed by atoms with E-state index < -0.39 is 0 Å². The molecule has 2 aromatic heterocycles. The highest BCUT2D eigenvalue weighted by Crippen LogP contribution is 2.49. The van der Waals surface area contributed by atoms with Crippen LogP contribution >= 0.6 is 0 Å². The van der Waals surface area contributed by atoms with E-state index in [9.17, 15) is 0 Å². The fourth-order valence-corrected chi connectivity index (χ4v) is 11.0. The molecule has 14 rings (SSSR count). The van der Waals surface area contributed by atoms with Crippen molar-refractivity contribution in [3.05, 3.63) is 231 Å². The van der Waals surface area contributed by atoms with Crippen molar-refractivity contribution in [1.29, 1.82) is 0 Å². The molecule has 0 fully saturated rings. The molecule has 0 unspecified atom stereocenters. The third-order valence-corrected chi connectivity index (χ3v) is 13.9. The van der Waals surface area contributed by atoms with Gasteiger partial charge in [-0.05, 0) is 120 Å². The lowest BCUT2D eigenvalue weighted by Gasteiger charge is -2.13. The maximum atomic E-state index is 2.45. The summed E-state index contributed by atoms with van der Waals surface area (Å²) in [6.07, 6.45) is 0. The van der Waals surface area contributed by atoms with E-state index in [1.165, 1.54) is 121 Å². The van der Waals surface area contributed by atoms with E-state index in [-0.39, 0.29) is 0 Å². The molecule has 2 heteroatoms. The number of rotatable bonds is 5. The molecule has 0 saturated carbocycles. The first-order valence-electron chi connectivity index (χ1n) is 22.2. The van der Waals surface area contributed by atoms with E-state index >= 15 is 0 Å². The Labute approximate surface area is 370 Å². The highest BCUT2D eigenvalue weighted by molar-refractivity contribution is 6.20. The molecule has 11 aromatic carbocycles. The van der Waals surface area contributed by atoms with Gasteiger partial charge in [-0.15, -0.1) is 0 Å². The van der Waals surface area contributed by atoms with Gasteiger partial charge in [-0.2, -0.15) is 0 Å². The molecule has 0 radical (unpaired) electrons. The Balaban J connectivity index is 0.876. The van der Waals surface area contributed by atoms with Crippen LogP contribution < -0.4 is 0 Å². The average molecular weight is 811 g/mol. The highest BCUT2D eigenvalue weighted by Gasteiger charge is 2.23. The molecule has 0 saturated heterocycles. The summed E-state index contributed by atoms with van der Waals surface area (Å²) < 4.78 is 4.89. The van der Waals surface area contributed by atoms with Crippen LogP contribution in [0.1, 0.15) is 0 Å². The Morgan fingerprint density at radius 2 is 0.766 bits per heavy atom. The predicted molar refractivity (Wildman–Crippen MR) is 271 cm³/mol. The largest absolute Gasteiger partial charge is 0.309 e. The first kappa shape index (κ1) is 35.2. The second kappa shape index (κ2) is 13.5. The normalized spacial score (nSPS) is 12.1. The van der Waals surface area contributed by atoms with Gasteiger partial charge in [-0.1, -0.05) is 182 Å². The fraction of sp³-hybridized carbons (Fsp3) is 0. The molecule has 2 heterocycles. The Hall–Kier alpha value is -8.46. The van der Waals surface area contributed by atoms with Crippen LogP contribution in [0.5, 0.6) is 0 Å². The van der Waals surface area contributed by atoms with Gasteiger partial charge in [0.1, 0.15) is 0 Å². The van der Waals surface area contributed by atoms with E-state index in [1.54, 1.807) is 0 Å². The number of aromatic nitrogens is 2. The van der Waals surface area contributed by atoms with Gasteiger partial charge < -0.3 is 9.13 Å². The summed E-state index contributed by atoms with van der Waals surface area (Å²) >= 11 is 0. The number of para-hydroxylation sites is 2. The molecule has 0 bridgehead atoms. The number of hydrogen-bond donors (Lipinski definition) is 0. The van der Waals surface area contributed by atoms with Gasteiger partial charge in [-0.3, -0.25) is 0 Å². The van der Waals surface area contributed by atoms with Crippen molar-refractivity contribution < 1.29 is 0 Å². The van der Waals surface area contributed by atoms with E-state index in [0.717, 1.165) is 11.4 Å². The fourth-order valence-electron chi connectivity index (χ4n) is 11.0. The molecule has 0 aliphatic heterocycles. The zero-order valence-corrected chi connectivity index (χ0v) is 34.8. The third-order valence-electron chi connectivity index (χ3n) is 13.9. The number of hydrogen-bond acceptors (Lipinski definition) is 0. The summed E-state index contributed by atoms with van der Waals surface area (Å²) in [6, 6.07) is 85.2. The second-order valence-corrected chi connectivity index (χ2v) is 17.2. The Kier molecular flexibility index (Phi) is 7.43. The standard InChI is InChI=1S/C62H38N2/c1-2-15-45(16-3-1)64-60-38-43(28-32-53(60)57-33-26-40-12-4-5-17-48(40)62(57)64)42-27-31-52-51-20-8-9-23-58(51)63(59(52)37-42)46-29-24-39(25-30-46)41-13-10-14-44(36-41)47-34-35-56-50-19-7-6-18-49(50)55-22-11-21-54(47)61(55)56/h1-38H. The Morgan fingerprint density at radius 3 is 1.58 bits per heavy atom. The molecule has 1 aliphatic carbocycles. The SMILES string of the molecule is c1ccc(-n2c3cc(-c4ccc5c6ccccc6n(-c6ccc(-c7cccc(-c8ccc9c%10c(cccc8%10)-c8ccccc8-9)c7)cc6)c5c4)ccc3c3ccc4ccccc4c32)cc1. The molecular weight excluding hydrogens is 773 g/mol. The number of fused-ring (bicyclic) bond motifs is 11. The van der Waals surface area contributed by atoms with Gasteiger partial charge in [0, 0.05) is 38.3 Å². The first-order valence-corrected chi connectivity index (χ1v) is 22.2. The summed E-state index contributed by atoms with van der Waals surface area (Å²) in [7, 11) is 0. The zero-order valence-electron chi connectivity index (χ0n) is 34.8. The molecule has 0 spiro atoms. The van der Waals surface area contributed by atoms with Gasteiger partial charge >= 0.3 is 0 Å². The van der Waals surface area contributed by atoms with Crippen LogP contribution in [0.4, 0.5) is 0 Å². The second-order valence-electron chi connectivity index (χ2n) is 17.2. The Bertz CT molecular complexity index is 4020. The van der Waals surface area contributed by atoms with Crippen molar-refractivity contribution in [2.75, 3.05) is 0 Å². The number of nitrogens with zero attached hydrogens (tertiary/aromatic N) is 2. The van der Waals surface area contributed by atoms with Crippen LogP contribution in [0.25, 0.3) is 132 Å². The van der Waals surface area contributed by atoms with Crippen LogP contribution in [0.15, 0.2) is 231 Å². The van der Waals surface area contributed by atoms with E-state index in [4.69, 9.17) is 0 Å². The lowest BCUT2D eigenvalue weighted by Crippen LogP contribution is -1.95. The molecule has 0 N–H and O–H groups in total. The quantitative estimate of drug-likeness (QED) is 0.164. The van der Waals surface area contributed by atoms with Gasteiger partial charge in [-0.25, -0.2) is 0 Å². The van der Waals surface area contributed by atoms with Crippen LogP contribution in [0.3, 0.4) is 0 Å². The maximum absolute atomic E-state index is 2.45. The maximum Gasteiger partial charge on any atom is 0.0619 e. The molecule has 64 heavy (non-hydrogen) atoms. The first-order chi connectivity index (χ1) is 31.7. The summed E-state index contributed by atoms with van der Waals surface area (Å²) in [6.45, 7) is 0. The van der Waals surface area contributed by atoms with Crippen LogP contribution in [-0.2, 0) is 0 Å². The van der Waals surface area contributed by atoms with Crippen molar-refractivity contribution in [1.82, 2.24) is 9.13 Å². The molecule has 2 nitrogen and oxygen atoms in total. The van der Waals surface area contributed by atoms with Crippen molar-refractivity contribution in [3.8, 4) is 67.0 Å². The monoisotopic (exact) mass is 810 g/mol. The highest BCUT2D eigenvalue weighted by atomic mass is 15.0. The number of benzene rings is 11. The summed E-state index contributed by atoms with van der Waals surface area (Å²) in [5, 5.41) is 10.2. The molecular formula is C62H38N2. The minimum atomic E-state index is 1.14. The molecule has 13 aromatic rings.